The number of halogens is 1. The quantitative estimate of drug-likeness (QED) is 0.184. The number of carbonyl (C=O) groups is 2. The Labute approximate surface area is 210 Å². The van der Waals surface area contributed by atoms with Crippen LogP contribution in [0.15, 0.2) is 33.9 Å². The number of nitrogens with zero attached hydrogens (tertiary/aromatic N) is 5. The average Bonchev–Trinajstić information content (AvgIpc) is 3.26. The van der Waals surface area contributed by atoms with Crippen molar-refractivity contribution in [3.63, 3.8) is 0 Å². The number of rotatable bonds is 8. The van der Waals surface area contributed by atoms with Gasteiger partial charge in [-0.2, -0.15) is 0 Å². The Balaban J connectivity index is 0.00000289. The summed E-state index contributed by atoms with van der Waals surface area (Å²) >= 11 is 5.89. The minimum atomic E-state index is -0.575. The molecule has 2 aromatic heterocycles. The molecule has 1 aromatic carbocycles. The molecule has 11 heteroatoms. The average molecular weight is 466 g/mol. The van der Waals surface area contributed by atoms with Gasteiger partial charge in [0.1, 0.15) is 0 Å². The van der Waals surface area contributed by atoms with Crippen molar-refractivity contribution in [2.45, 2.75) is 45.7 Å². The van der Waals surface area contributed by atoms with E-state index in [2.05, 4.69) is 16.9 Å². The largest absolute Gasteiger partial charge is 1.00 e. The van der Waals surface area contributed by atoms with Crippen molar-refractivity contribution in [3.8, 4) is 0 Å². The topological polar surface area (TPSA) is 108 Å². The van der Waals surface area contributed by atoms with E-state index in [0.29, 0.717) is 17.7 Å². The van der Waals surface area contributed by atoms with Gasteiger partial charge in [0, 0.05) is 36.1 Å². The van der Waals surface area contributed by atoms with E-state index in [4.69, 9.17) is 11.6 Å². The minimum Gasteiger partial charge on any atom is -0.420 e. The van der Waals surface area contributed by atoms with E-state index in [1.807, 2.05) is 0 Å². The van der Waals surface area contributed by atoms with Crippen molar-refractivity contribution in [3.05, 3.63) is 61.5 Å². The van der Waals surface area contributed by atoms with Gasteiger partial charge >= 0.3 is 35.2 Å². The molecule has 0 saturated heterocycles. The number of imide groups is 1. The summed E-state index contributed by atoms with van der Waals surface area (Å²) in [7, 11) is 0. The molecule has 0 radical (unpaired) electrons. The number of carbonyl (C=O) groups excluding carboxylic acids is 2. The predicted molar refractivity (Wildman–Crippen MR) is 115 cm³/mol. The van der Waals surface area contributed by atoms with Gasteiger partial charge in [0.25, 0.3) is 17.4 Å². The first-order chi connectivity index (χ1) is 14.9. The number of imidazole rings is 1. The molecular weight excluding hydrogens is 445 g/mol. The number of amides is 2. The van der Waals surface area contributed by atoms with Crippen molar-refractivity contribution in [2.24, 2.45) is 0 Å². The molecule has 0 spiro atoms. The zero-order valence-electron chi connectivity index (χ0n) is 18.0. The fourth-order valence-electron chi connectivity index (χ4n) is 3.84. The van der Waals surface area contributed by atoms with E-state index in [9.17, 15) is 19.2 Å². The number of hydrogen-bond acceptors (Lipinski definition) is 5. The molecule has 0 aliphatic carbocycles. The van der Waals surface area contributed by atoms with Gasteiger partial charge in [0.15, 0.2) is 0 Å². The van der Waals surface area contributed by atoms with Crippen molar-refractivity contribution >= 4 is 34.6 Å². The molecule has 0 N–H and O–H groups in total. The number of aromatic nitrogens is 4. The minimum absolute atomic E-state index is 0. The molecule has 1 aliphatic heterocycles. The van der Waals surface area contributed by atoms with Crippen LogP contribution in [0.1, 0.15) is 53.3 Å². The van der Waals surface area contributed by atoms with Gasteiger partial charge in [0.05, 0.1) is 11.1 Å². The van der Waals surface area contributed by atoms with Gasteiger partial charge in [-0.05, 0) is 25.0 Å². The summed E-state index contributed by atoms with van der Waals surface area (Å²) in [5.41, 5.74) is -0.104. The molecule has 0 unspecified atom stereocenters. The van der Waals surface area contributed by atoms with Gasteiger partial charge < -0.3 is 9.97 Å². The van der Waals surface area contributed by atoms with Crippen LogP contribution in [0, 0.1) is 0 Å². The second-order valence-electron chi connectivity index (χ2n) is 7.42. The van der Waals surface area contributed by atoms with Crippen LogP contribution in [0.3, 0.4) is 0 Å². The second-order valence-corrected chi connectivity index (χ2v) is 7.76. The fourth-order valence-corrected chi connectivity index (χ4v) is 4.00. The second kappa shape index (κ2) is 10.2. The Morgan fingerprint density at radius 1 is 0.906 bits per heavy atom. The summed E-state index contributed by atoms with van der Waals surface area (Å²) in [4.78, 5) is 60.0. The summed E-state index contributed by atoms with van der Waals surface area (Å²) in [5.74, 6) is -0.733. The molecular formula is C21H21ClN5NaO4. The van der Waals surface area contributed by atoms with E-state index in [-0.39, 0.29) is 77.3 Å². The Morgan fingerprint density at radius 2 is 1.53 bits per heavy atom. The van der Waals surface area contributed by atoms with E-state index in [1.165, 1.54) is 4.57 Å². The third-order valence-corrected chi connectivity index (χ3v) is 5.58. The fraction of sp³-hybridized carbons (Fsp3) is 0.381. The molecule has 2 amide bonds. The predicted octanol–water partition coefficient (Wildman–Crippen LogP) is -0.951. The molecule has 9 nitrogen and oxygen atoms in total. The molecule has 32 heavy (non-hydrogen) atoms. The van der Waals surface area contributed by atoms with Crippen molar-refractivity contribution < 1.29 is 39.1 Å². The SMILES string of the molecule is CCCCCn1c(=O)n(CCCN2C(=O)c3ccccc3C2=O)c(=O)c2[n-]c(Cl)nc21.[Na+]. The molecule has 1 aliphatic rings. The van der Waals surface area contributed by atoms with E-state index in [0.717, 1.165) is 28.7 Å². The van der Waals surface area contributed by atoms with E-state index < -0.39 is 11.2 Å². The standard InChI is InChI=1S/C21H22ClN5O4.Na/c1-2-3-6-10-25-16-15(23-20(22)24-16)19(30)27(21(25)31)12-7-11-26-17(28)13-8-4-5-9-14(13)18(26)29;/h4-5,8-9H,2-3,6-7,10-12H2,1H3,(H,23,24,30);/q;+1/p-1. The zero-order chi connectivity index (χ0) is 22.1. The van der Waals surface area contributed by atoms with Crippen LogP contribution in [-0.2, 0) is 13.1 Å². The van der Waals surface area contributed by atoms with Crippen LogP contribution in [0.5, 0.6) is 0 Å². The van der Waals surface area contributed by atoms with Crippen LogP contribution in [0.2, 0.25) is 5.28 Å². The Hall–Kier alpha value is -2.20. The Morgan fingerprint density at radius 3 is 2.16 bits per heavy atom. The number of aryl methyl sites for hydroxylation is 1. The third kappa shape index (κ3) is 4.34. The number of fused-ring (bicyclic) bond motifs is 2. The summed E-state index contributed by atoms with van der Waals surface area (Å²) in [6.45, 7) is 2.59. The van der Waals surface area contributed by atoms with E-state index >= 15 is 0 Å². The van der Waals surface area contributed by atoms with Gasteiger partial charge in [-0.1, -0.05) is 43.5 Å². The summed E-state index contributed by atoms with van der Waals surface area (Å²) in [6.07, 6.45) is 2.91. The zero-order valence-corrected chi connectivity index (χ0v) is 20.8. The summed E-state index contributed by atoms with van der Waals surface area (Å²) in [5, 5.41) is -0.0838. The van der Waals surface area contributed by atoms with Crippen LogP contribution in [0.25, 0.3) is 11.2 Å². The first-order valence-electron chi connectivity index (χ1n) is 10.2. The maximum absolute atomic E-state index is 13.0. The molecule has 162 valence electrons. The molecule has 0 bridgehead atoms. The van der Waals surface area contributed by atoms with Crippen LogP contribution < -0.4 is 45.8 Å². The van der Waals surface area contributed by atoms with Crippen molar-refractivity contribution in [1.29, 1.82) is 0 Å². The Bertz CT molecular complexity index is 1260. The van der Waals surface area contributed by atoms with Gasteiger partial charge in [0.2, 0.25) is 0 Å². The first-order valence-corrected chi connectivity index (χ1v) is 10.6. The molecule has 3 aromatic rings. The number of hydrogen-bond donors (Lipinski definition) is 0. The summed E-state index contributed by atoms with van der Waals surface area (Å²) in [6, 6.07) is 6.63. The first kappa shape index (κ1) is 24.4. The van der Waals surface area contributed by atoms with Gasteiger partial charge in [-0.15, -0.1) is 0 Å². The summed E-state index contributed by atoms with van der Waals surface area (Å²) < 4.78 is 2.50. The molecule has 0 atom stereocenters. The molecule has 0 fully saturated rings. The molecule has 4 rings (SSSR count). The smallest absolute Gasteiger partial charge is 0.420 e. The molecule has 0 saturated carbocycles. The Kier molecular flexibility index (Phi) is 7.76. The van der Waals surface area contributed by atoms with Crippen LogP contribution in [-0.4, -0.2) is 37.4 Å². The number of benzene rings is 1. The van der Waals surface area contributed by atoms with Crippen LogP contribution in [0.4, 0.5) is 0 Å². The third-order valence-electron chi connectivity index (χ3n) is 5.41. The van der Waals surface area contributed by atoms with Crippen molar-refractivity contribution in [1.82, 2.24) is 24.0 Å². The van der Waals surface area contributed by atoms with Gasteiger partial charge in [-0.25, -0.2) is 4.79 Å². The van der Waals surface area contributed by atoms with Crippen molar-refractivity contribution in [2.75, 3.05) is 6.54 Å². The number of unbranched alkanes of at least 4 members (excludes halogenated alkanes) is 2. The van der Waals surface area contributed by atoms with Crippen LogP contribution >= 0.6 is 11.6 Å². The molecule has 3 heterocycles. The van der Waals surface area contributed by atoms with Gasteiger partial charge in [-0.3, -0.25) is 28.4 Å². The monoisotopic (exact) mass is 465 g/mol. The van der Waals surface area contributed by atoms with E-state index in [1.54, 1.807) is 24.3 Å². The maximum Gasteiger partial charge on any atom is 1.00 e. The maximum atomic E-state index is 13.0. The normalized spacial score (nSPS) is 13.0.